The number of amides is 2. The van der Waals surface area contributed by atoms with Crippen LogP contribution in [0.25, 0.3) is 11.1 Å². The first-order chi connectivity index (χ1) is 16.3. The number of ether oxygens (including phenoxy) is 1. The first-order valence-electron chi connectivity index (χ1n) is 11.4. The Morgan fingerprint density at radius 1 is 1.00 bits per heavy atom. The van der Waals surface area contributed by atoms with Gasteiger partial charge in [-0.25, -0.2) is 4.79 Å². The smallest absolute Gasteiger partial charge is 0.407 e. The minimum atomic E-state index is -0.982. The maximum atomic E-state index is 12.9. The maximum Gasteiger partial charge on any atom is 0.407 e. The van der Waals surface area contributed by atoms with Crippen molar-refractivity contribution in [2.45, 2.75) is 44.7 Å². The summed E-state index contributed by atoms with van der Waals surface area (Å²) in [6, 6.07) is 14.8. The highest BCUT2D eigenvalue weighted by molar-refractivity contribution is 7.98. The molecule has 0 aromatic heterocycles. The minimum absolute atomic E-state index is 0.0595. The Labute approximate surface area is 204 Å². The molecule has 0 saturated heterocycles. The Hall–Kier alpha value is -3.00. The number of alkyl carbamates (subject to hydrolysis) is 1. The van der Waals surface area contributed by atoms with Gasteiger partial charge in [0.1, 0.15) is 12.6 Å². The van der Waals surface area contributed by atoms with E-state index < -0.39 is 30.1 Å². The Bertz CT molecular complexity index is 980. The molecule has 1 aliphatic carbocycles. The van der Waals surface area contributed by atoms with E-state index >= 15 is 0 Å². The van der Waals surface area contributed by atoms with Gasteiger partial charge in [0.05, 0.1) is 6.42 Å². The van der Waals surface area contributed by atoms with Crippen LogP contribution >= 0.6 is 11.8 Å². The second kappa shape index (κ2) is 11.9. The van der Waals surface area contributed by atoms with Crippen molar-refractivity contribution in [2.24, 2.45) is 5.92 Å². The molecule has 0 heterocycles. The molecule has 2 amide bonds. The second-order valence-electron chi connectivity index (χ2n) is 8.76. The molecule has 0 radical (unpaired) electrons. The van der Waals surface area contributed by atoms with E-state index in [2.05, 4.69) is 22.8 Å². The standard InChI is InChI=1S/C26H32N2O5S/c1-16(2)23(14-24(29)30)27-25(31)22(12-13-34-3)28-26(32)33-15-21-19-10-6-4-8-17(19)18-9-5-7-11-20(18)21/h4-11,16,21-23H,12-15H2,1-3H3,(H,27,31)(H,28,32)(H,29,30)/t22-,23-/m0/s1. The monoisotopic (exact) mass is 484 g/mol. The van der Waals surface area contributed by atoms with Crippen LogP contribution in [0.2, 0.25) is 0 Å². The van der Waals surface area contributed by atoms with Crippen molar-refractivity contribution in [3.63, 3.8) is 0 Å². The van der Waals surface area contributed by atoms with Gasteiger partial charge in [0, 0.05) is 12.0 Å². The molecule has 2 atom stereocenters. The lowest BCUT2D eigenvalue weighted by Crippen LogP contribution is -2.51. The van der Waals surface area contributed by atoms with E-state index in [1.807, 2.05) is 56.5 Å². The zero-order chi connectivity index (χ0) is 24.7. The molecular weight excluding hydrogens is 452 g/mol. The lowest BCUT2D eigenvalue weighted by molar-refractivity contribution is -0.138. The molecule has 34 heavy (non-hydrogen) atoms. The van der Waals surface area contributed by atoms with Crippen LogP contribution in [0.15, 0.2) is 48.5 Å². The van der Waals surface area contributed by atoms with Crippen molar-refractivity contribution in [1.29, 1.82) is 0 Å². The summed E-state index contributed by atoms with van der Waals surface area (Å²) in [5, 5.41) is 14.6. The number of carboxylic acid groups (broad SMARTS) is 1. The fourth-order valence-electron chi connectivity index (χ4n) is 4.21. The zero-order valence-corrected chi connectivity index (χ0v) is 20.6. The third kappa shape index (κ3) is 6.32. The van der Waals surface area contributed by atoms with Crippen molar-refractivity contribution in [3.8, 4) is 11.1 Å². The number of aliphatic carboxylic acids is 1. The molecule has 2 aromatic rings. The summed E-state index contributed by atoms with van der Waals surface area (Å²) in [6.07, 6.45) is 1.49. The van der Waals surface area contributed by atoms with Crippen molar-refractivity contribution < 1.29 is 24.2 Å². The molecule has 3 N–H and O–H groups in total. The number of hydrogen-bond acceptors (Lipinski definition) is 5. The van der Waals surface area contributed by atoms with E-state index in [1.54, 1.807) is 11.8 Å². The van der Waals surface area contributed by atoms with E-state index in [0.29, 0.717) is 12.2 Å². The Kier molecular flexibility index (Phi) is 8.98. The molecule has 0 saturated carbocycles. The van der Waals surface area contributed by atoms with Gasteiger partial charge >= 0.3 is 12.1 Å². The van der Waals surface area contributed by atoms with Crippen LogP contribution < -0.4 is 10.6 Å². The second-order valence-corrected chi connectivity index (χ2v) is 9.75. The van der Waals surface area contributed by atoms with Gasteiger partial charge < -0.3 is 20.5 Å². The molecule has 0 unspecified atom stereocenters. The quantitative estimate of drug-likeness (QED) is 0.440. The van der Waals surface area contributed by atoms with Crippen molar-refractivity contribution in [3.05, 3.63) is 59.7 Å². The normalized spacial score (nSPS) is 14.1. The summed E-state index contributed by atoms with van der Waals surface area (Å²) in [6.45, 7) is 3.86. The lowest BCUT2D eigenvalue weighted by Gasteiger charge is -2.25. The molecular formula is C26H32N2O5S. The zero-order valence-electron chi connectivity index (χ0n) is 19.7. The highest BCUT2D eigenvalue weighted by Crippen LogP contribution is 2.44. The van der Waals surface area contributed by atoms with Gasteiger partial charge in [-0.1, -0.05) is 62.4 Å². The number of nitrogens with one attached hydrogen (secondary N) is 2. The highest BCUT2D eigenvalue weighted by atomic mass is 32.2. The number of hydrogen-bond donors (Lipinski definition) is 3. The summed E-state index contributed by atoms with van der Waals surface area (Å²) in [4.78, 5) is 36.7. The number of fused-ring (bicyclic) bond motifs is 3. The van der Waals surface area contributed by atoms with Gasteiger partial charge in [-0.2, -0.15) is 11.8 Å². The average molecular weight is 485 g/mol. The number of rotatable bonds is 11. The van der Waals surface area contributed by atoms with Gasteiger partial charge in [-0.05, 0) is 46.6 Å². The molecule has 8 heteroatoms. The molecule has 182 valence electrons. The van der Waals surface area contributed by atoms with Crippen molar-refractivity contribution >= 4 is 29.7 Å². The van der Waals surface area contributed by atoms with Crippen LogP contribution in [0.1, 0.15) is 43.7 Å². The molecule has 0 aliphatic heterocycles. The van der Waals surface area contributed by atoms with Crippen LogP contribution in [0, 0.1) is 5.92 Å². The third-order valence-corrected chi connectivity index (χ3v) is 6.73. The highest BCUT2D eigenvalue weighted by Gasteiger charge is 2.30. The summed E-state index contributed by atoms with van der Waals surface area (Å²) in [5.41, 5.74) is 4.51. The molecule has 1 aliphatic rings. The largest absolute Gasteiger partial charge is 0.481 e. The SMILES string of the molecule is CSCC[C@H](NC(=O)OCC1c2ccccc2-c2ccccc21)C(=O)N[C@@H](CC(=O)O)C(C)C. The molecule has 3 rings (SSSR count). The van der Waals surface area contributed by atoms with Crippen molar-refractivity contribution in [1.82, 2.24) is 10.6 Å². The van der Waals surface area contributed by atoms with E-state index in [-0.39, 0.29) is 24.9 Å². The first kappa shape index (κ1) is 25.6. The van der Waals surface area contributed by atoms with E-state index in [4.69, 9.17) is 9.84 Å². The van der Waals surface area contributed by atoms with E-state index in [1.165, 1.54) is 0 Å². The van der Waals surface area contributed by atoms with Crippen LogP contribution in [0.3, 0.4) is 0 Å². The Morgan fingerprint density at radius 3 is 2.12 bits per heavy atom. The summed E-state index contributed by atoms with van der Waals surface area (Å²) in [7, 11) is 0. The maximum absolute atomic E-state index is 12.9. The lowest BCUT2D eigenvalue weighted by atomic mass is 9.98. The van der Waals surface area contributed by atoms with E-state index in [9.17, 15) is 14.4 Å². The van der Waals surface area contributed by atoms with Crippen LogP contribution in [0.5, 0.6) is 0 Å². The van der Waals surface area contributed by atoms with Crippen molar-refractivity contribution in [2.75, 3.05) is 18.6 Å². The number of benzene rings is 2. The van der Waals surface area contributed by atoms with Crippen LogP contribution in [-0.2, 0) is 14.3 Å². The molecule has 2 aromatic carbocycles. The van der Waals surface area contributed by atoms with Gasteiger partial charge in [0.2, 0.25) is 5.91 Å². The van der Waals surface area contributed by atoms with Gasteiger partial charge in [-0.15, -0.1) is 0 Å². The minimum Gasteiger partial charge on any atom is -0.481 e. The summed E-state index contributed by atoms with van der Waals surface area (Å²) < 4.78 is 5.59. The average Bonchev–Trinajstić information content (AvgIpc) is 3.13. The first-order valence-corrected chi connectivity index (χ1v) is 12.8. The number of thioether (sulfide) groups is 1. The van der Waals surface area contributed by atoms with Gasteiger partial charge in [0.25, 0.3) is 0 Å². The Balaban J connectivity index is 1.65. The predicted octanol–water partition coefficient (Wildman–Crippen LogP) is 4.26. The summed E-state index contributed by atoms with van der Waals surface area (Å²) >= 11 is 1.56. The van der Waals surface area contributed by atoms with Crippen LogP contribution in [-0.4, -0.2) is 53.8 Å². The number of carbonyl (C=O) groups is 3. The number of carboxylic acids is 1. The third-order valence-electron chi connectivity index (χ3n) is 6.09. The molecule has 0 bridgehead atoms. The summed E-state index contributed by atoms with van der Waals surface area (Å²) in [5.74, 6) is -0.854. The number of carbonyl (C=O) groups excluding carboxylic acids is 2. The topological polar surface area (TPSA) is 105 Å². The fourth-order valence-corrected chi connectivity index (χ4v) is 4.68. The van der Waals surface area contributed by atoms with E-state index in [0.717, 1.165) is 22.3 Å². The molecule has 0 spiro atoms. The Morgan fingerprint density at radius 2 is 1.59 bits per heavy atom. The molecule has 0 fully saturated rings. The van der Waals surface area contributed by atoms with Crippen LogP contribution in [0.4, 0.5) is 4.79 Å². The predicted molar refractivity (Wildman–Crippen MR) is 134 cm³/mol. The fraction of sp³-hybridized carbons (Fsp3) is 0.423. The molecule has 7 nitrogen and oxygen atoms in total. The van der Waals surface area contributed by atoms with Gasteiger partial charge in [0.15, 0.2) is 0 Å². The van der Waals surface area contributed by atoms with Gasteiger partial charge in [-0.3, -0.25) is 9.59 Å².